The van der Waals surface area contributed by atoms with Gasteiger partial charge in [-0.25, -0.2) is 43.8 Å². The van der Waals surface area contributed by atoms with Gasteiger partial charge in [0.2, 0.25) is 0 Å². The van der Waals surface area contributed by atoms with Crippen LogP contribution in [0.25, 0.3) is 18.2 Å². The van der Waals surface area contributed by atoms with Crippen molar-refractivity contribution in [3.63, 3.8) is 0 Å². The molecule has 4 amide bonds. The van der Waals surface area contributed by atoms with Gasteiger partial charge in [-0.15, -0.1) is 24.8 Å². The number of likely N-dealkylation sites (tertiary alicyclic amines) is 1. The molecule has 5 fully saturated rings. The Bertz CT molecular complexity index is 3230. The minimum Gasteiger partial charge on any atom is -0.507 e. The molecule has 0 bridgehead atoms. The van der Waals surface area contributed by atoms with E-state index in [0.717, 1.165) is 109 Å². The number of carbonyl (C=O) groups excluding carboxylic acids is 6. The predicted octanol–water partition coefficient (Wildman–Crippen LogP) is 8.70. The van der Waals surface area contributed by atoms with Gasteiger partial charge in [0.05, 0.1) is 14.7 Å². The number of esters is 2. The summed E-state index contributed by atoms with van der Waals surface area (Å²) in [6.07, 6.45) is 13.0. The summed E-state index contributed by atoms with van der Waals surface area (Å²) in [7, 11) is 0. The van der Waals surface area contributed by atoms with Crippen molar-refractivity contribution in [2.75, 3.05) is 52.4 Å². The zero-order chi connectivity index (χ0) is 59.5. The number of carbonyl (C=O) groups is 6. The Labute approximate surface area is 520 Å². The molecule has 8 heterocycles. The minimum absolute atomic E-state index is 0. The van der Waals surface area contributed by atoms with Crippen molar-refractivity contribution < 1.29 is 61.3 Å². The summed E-state index contributed by atoms with van der Waals surface area (Å²) >= 11 is 3.72. The van der Waals surface area contributed by atoms with Gasteiger partial charge in [0.1, 0.15) is 52.4 Å². The van der Waals surface area contributed by atoms with Crippen molar-refractivity contribution >= 4 is 130 Å². The van der Waals surface area contributed by atoms with Crippen molar-refractivity contribution in [3.05, 3.63) is 103 Å². The number of amides is 4. The Morgan fingerprint density at radius 1 is 0.570 bits per heavy atom. The second kappa shape index (κ2) is 31.0. The number of hydrazine groups is 3. The average molecular weight is 1290 g/mol. The molecule has 462 valence electrons. The largest absolute Gasteiger partial charge is 0.507 e. The van der Waals surface area contributed by atoms with Crippen LogP contribution >= 0.6 is 60.1 Å². The number of ether oxygens (including phenoxy) is 3. The van der Waals surface area contributed by atoms with E-state index in [1.165, 1.54) is 88.7 Å². The average Bonchev–Trinajstić information content (AvgIpc) is 4.52. The van der Waals surface area contributed by atoms with Gasteiger partial charge in [0.25, 0.3) is 17.7 Å². The van der Waals surface area contributed by atoms with Crippen molar-refractivity contribution in [2.45, 2.75) is 103 Å². The maximum atomic E-state index is 14.1. The number of rotatable bonds is 7. The van der Waals surface area contributed by atoms with Gasteiger partial charge in [-0.2, -0.15) is 15.0 Å². The van der Waals surface area contributed by atoms with Gasteiger partial charge in [-0.1, -0.05) is 0 Å². The molecule has 0 saturated carbocycles. The van der Waals surface area contributed by atoms with Crippen LogP contribution in [-0.4, -0.2) is 146 Å². The van der Waals surface area contributed by atoms with Crippen LogP contribution < -0.4 is 31.1 Å². The van der Waals surface area contributed by atoms with Gasteiger partial charge in [0.15, 0.2) is 15.5 Å². The fraction of sp³-hybridized carbons (Fsp3) is 0.421. The Kier molecular flexibility index (Phi) is 24.2. The highest BCUT2D eigenvalue weighted by Gasteiger charge is 2.39. The van der Waals surface area contributed by atoms with Crippen LogP contribution in [0.5, 0.6) is 17.2 Å². The van der Waals surface area contributed by atoms with Gasteiger partial charge >= 0.3 is 18.0 Å². The van der Waals surface area contributed by atoms with E-state index < -0.39 is 53.0 Å². The first-order valence-corrected chi connectivity index (χ1v) is 30.1. The highest BCUT2D eigenvalue weighted by Crippen LogP contribution is 2.36. The van der Waals surface area contributed by atoms with Crippen molar-refractivity contribution in [2.24, 2.45) is 15.0 Å². The highest BCUT2D eigenvalue weighted by atomic mass is 35.5. The van der Waals surface area contributed by atoms with Crippen LogP contribution in [0.1, 0.15) is 102 Å². The predicted molar refractivity (Wildman–Crippen MR) is 329 cm³/mol. The van der Waals surface area contributed by atoms with Crippen LogP contribution in [0.2, 0.25) is 0 Å². The zero-order valence-corrected chi connectivity index (χ0v) is 51.3. The van der Waals surface area contributed by atoms with E-state index in [9.17, 15) is 47.0 Å². The summed E-state index contributed by atoms with van der Waals surface area (Å²) in [5, 5.41) is 20.1. The molecule has 8 aliphatic heterocycles. The van der Waals surface area contributed by atoms with E-state index in [0.29, 0.717) is 72.7 Å². The molecule has 11 rings (SSSR count). The summed E-state index contributed by atoms with van der Waals surface area (Å²) in [6, 6.07) is 10.2. The molecule has 0 aromatic heterocycles. The first-order chi connectivity index (χ1) is 40.3. The van der Waals surface area contributed by atoms with E-state index in [2.05, 4.69) is 36.6 Å². The first kappa shape index (κ1) is 67.1. The molecule has 29 heteroatoms. The van der Waals surface area contributed by atoms with Gasteiger partial charge in [0, 0.05) is 80.7 Å². The van der Waals surface area contributed by atoms with Crippen molar-refractivity contribution in [3.8, 4) is 17.2 Å². The number of amidine groups is 3. The zero-order valence-electron chi connectivity index (χ0n) is 47.2. The molecule has 2 unspecified atom stereocenters. The molecule has 5 saturated heterocycles. The molecular formula is C57H66Cl2F3N11O10S3. The number of aliphatic imine (C=N–C) groups is 3. The third-order valence-electron chi connectivity index (χ3n) is 13.6. The molecule has 0 radical (unpaired) electrons. The molecule has 21 nitrogen and oxygen atoms in total. The third kappa shape index (κ3) is 18.1. The molecule has 3 aromatic carbocycles. The minimum atomic E-state index is -0.837. The van der Waals surface area contributed by atoms with Crippen molar-refractivity contribution in [1.82, 2.24) is 41.5 Å². The van der Waals surface area contributed by atoms with Gasteiger partial charge in [-0.05, 0) is 181 Å². The molecule has 0 spiro atoms. The van der Waals surface area contributed by atoms with Crippen LogP contribution in [-0.2, 0) is 28.7 Å². The number of thioether (sulfide) groups is 3. The Morgan fingerprint density at radius 3 is 1.41 bits per heavy atom. The molecule has 3 aromatic rings. The SMILES string of the molecule is CC(C)(C)OC(=O)N1CCCC1C(=O)Oc1cc(F)ccc1/C=C1/SC(N2CCCCN2)=NC1=O.Cl.Cl.O=C1N=C(N2CCCCN2)S/C1=C/c1ccc(F)cc1OC(=O)C1CCCN1.O=C1N=C(N2CCCCN2)S/C1=C\c1ccc(F)cc1O. The summed E-state index contributed by atoms with van der Waals surface area (Å²) in [5.74, 6) is -3.98. The number of hydrogen-bond donors (Lipinski definition) is 5. The van der Waals surface area contributed by atoms with Crippen LogP contribution in [0.4, 0.5) is 18.0 Å². The lowest BCUT2D eigenvalue weighted by Gasteiger charge is -2.28. The normalized spacial score (nSPS) is 21.9. The van der Waals surface area contributed by atoms with Gasteiger partial charge < -0.3 is 24.6 Å². The maximum Gasteiger partial charge on any atom is 0.411 e. The topological polar surface area (TPSA) is 248 Å². The lowest BCUT2D eigenvalue weighted by molar-refractivity contribution is -0.139. The Balaban J connectivity index is 0.000000188. The number of halogens is 5. The second-order valence-corrected chi connectivity index (χ2v) is 24.1. The molecule has 5 N–H and O–H groups in total. The molecule has 86 heavy (non-hydrogen) atoms. The maximum absolute atomic E-state index is 14.1. The smallest absolute Gasteiger partial charge is 0.411 e. The lowest BCUT2D eigenvalue weighted by Crippen LogP contribution is -2.45. The third-order valence-corrected chi connectivity index (χ3v) is 16.6. The van der Waals surface area contributed by atoms with E-state index in [4.69, 9.17) is 14.2 Å². The Hall–Kier alpha value is -6.43. The number of hydrogen-bond acceptors (Lipinski definition) is 20. The second-order valence-electron chi connectivity index (χ2n) is 21.1. The first-order valence-electron chi connectivity index (χ1n) is 27.7. The van der Waals surface area contributed by atoms with E-state index in [1.807, 2.05) is 15.0 Å². The lowest BCUT2D eigenvalue weighted by atomic mass is 10.1. The van der Waals surface area contributed by atoms with Crippen LogP contribution in [0.15, 0.2) is 84.3 Å². The van der Waals surface area contributed by atoms with Crippen molar-refractivity contribution in [1.29, 1.82) is 0 Å². The number of benzene rings is 3. The number of phenols is 1. The number of nitrogens with zero attached hydrogens (tertiary/aromatic N) is 7. The fourth-order valence-corrected chi connectivity index (χ4v) is 12.1. The molecule has 2 atom stereocenters. The fourth-order valence-electron chi connectivity index (χ4n) is 9.38. The van der Waals surface area contributed by atoms with Crippen LogP contribution in [0.3, 0.4) is 0 Å². The number of phenolic OH excluding ortho intramolecular Hbond substituents is 1. The summed E-state index contributed by atoms with van der Waals surface area (Å²) in [6.45, 7) is 11.3. The Morgan fingerprint density at radius 2 is 1.00 bits per heavy atom. The molecular weight excluding hydrogens is 1220 g/mol. The summed E-state index contributed by atoms with van der Waals surface area (Å²) < 4.78 is 57.1. The quantitative estimate of drug-likeness (QED) is 0.0843. The number of nitrogens with one attached hydrogen (secondary N) is 4. The summed E-state index contributed by atoms with van der Waals surface area (Å²) in [5.41, 5.74) is 10.1. The highest BCUT2D eigenvalue weighted by molar-refractivity contribution is 8.19. The van der Waals surface area contributed by atoms with Gasteiger partial charge in [-0.3, -0.25) is 34.3 Å². The van der Waals surface area contributed by atoms with E-state index >= 15 is 0 Å². The molecule has 0 aliphatic carbocycles. The number of aromatic hydroxyl groups is 1. The van der Waals surface area contributed by atoms with Crippen LogP contribution in [0, 0.1) is 17.5 Å². The molecule has 8 aliphatic rings. The standard InChI is InChI=1S/C24H29FN4O5S.C19H21FN4O3S.C14H14FN3O2S.2ClH/c1-24(2,3)34-23(32)28-11-6-7-17(28)21(31)33-18-14-16(25)9-8-15(18)13-19-20(30)27-22(35-19)29-12-5-4-10-26-29;20-13-6-5-12(15(11-13)27-18(26)14-4-3-7-21-14)10-16-17(25)23-19(28-16)24-9-2-1-8-22-24;15-10-4-3-9(11(19)8-10)7-12-13(20)17-14(21-12)18-6-2-1-5-16-18;;/h8-9,13-14,17,26H,4-7,10-12H2,1-3H3;5-6,10-11,14,21-22H,1-4,7-9H2;3-4,7-8,16,19H,1-2,5-6H2;2*1H/b19-13+;16-10+;12-7-;;. The summed E-state index contributed by atoms with van der Waals surface area (Å²) in [4.78, 5) is 89.3. The van der Waals surface area contributed by atoms with E-state index in [1.54, 1.807) is 26.8 Å². The monoisotopic (exact) mass is 1290 g/mol. The van der Waals surface area contributed by atoms with E-state index in [-0.39, 0.29) is 59.9 Å².